The fraction of sp³-hybridized carbons (Fsp3) is 0.633. The van der Waals surface area contributed by atoms with Crippen LogP contribution in [0.1, 0.15) is 66.7 Å². The Balaban J connectivity index is 1.14. The minimum absolute atomic E-state index is 0.0350. The van der Waals surface area contributed by atoms with Crippen LogP contribution < -0.4 is 10.2 Å². The van der Waals surface area contributed by atoms with E-state index in [1.54, 1.807) is 0 Å². The second-order valence-electron chi connectivity index (χ2n) is 12.5. The molecule has 4 bridgehead atoms. The molecule has 37 heavy (non-hydrogen) atoms. The first kappa shape index (κ1) is 23.4. The zero-order valence-electron chi connectivity index (χ0n) is 22.0. The second-order valence-corrected chi connectivity index (χ2v) is 12.5. The first-order chi connectivity index (χ1) is 18.0. The molecule has 5 fully saturated rings. The largest absolute Gasteiger partial charge is 0.378 e. The van der Waals surface area contributed by atoms with Crippen molar-refractivity contribution in [3.63, 3.8) is 0 Å². The van der Waals surface area contributed by atoms with E-state index in [2.05, 4.69) is 41.4 Å². The van der Waals surface area contributed by atoms with Gasteiger partial charge in [-0.3, -0.25) is 0 Å². The number of fused-ring (bicyclic) bond motifs is 1. The Bertz CT molecular complexity index is 1160. The van der Waals surface area contributed by atoms with E-state index in [0.29, 0.717) is 26.3 Å². The molecule has 0 radical (unpaired) electrons. The smallest absolute Gasteiger partial charge is 0.318 e. The molecule has 2 aromatic rings. The number of aryl methyl sites for hydroxylation is 1. The molecule has 0 atom stereocenters. The molecule has 3 heterocycles. The number of rotatable bonds is 4. The fourth-order valence-corrected chi connectivity index (χ4v) is 8.31. The molecule has 6 aliphatic rings. The molecular weight excluding hydrogens is 462 g/mol. The highest BCUT2D eigenvalue weighted by Crippen LogP contribution is 2.55. The van der Waals surface area contributed by atoms with E-state index in [0.717, 1.165) is 66.6 Å². The molecule has 1 aromatic heterocycles. The van der Waals surface area contributed by atoms with E-state index in [1.807, 2.05) is 4.90 Å². The molecule has 0 unspecified atom stereocenters. The van der Waals surface area contributed by atoms with Gasteiger partial charge in [-0.15, -0.1) is 0 Å². The lowest BCUT2D eigenvalue weighted by molar-refractivity contribution is -0.0159. The van der Waals surface area contributed by atoms with Crippen molar-refractivity contribution >= 4 is 11.8 Å². The Labute approximate surface area is 220 Å². The monoisotopic (exact) mass is 501 g/mol. The fourth-order valence-electron chi connectivity index (χ4n) is 8.31. The average molecular weight is 502 g/mol. The number of amides is 2. The number of hydrogen-bond acceptors (Lipinski definition) is 5. The number of ether oxygens (including phenoxy) is 1. The summed E-state index contributed by atoms with van der Waals surface area (Å²) in [5, 5.41) is 3.59. The third-order valence-corrected chi connectivity index (χ3v) is 9.54. The van der Waals surface area contributed by atoms with Crippen molar-refractivity contribution in [2.75, 3.05) is 37.7 Å². The number of urea groups is 1. The molecule has 2 amide bonds. The van der Waals surface area contributed by atoms with E-state index in [1.165, 1.54) is 49.7 Å². The van der Waals surface area contributed by atoms with Crippen LogP contribution in [0, 0.1) is 24.7 Å². The number of anilines is 1. The molecule has 4 aliphatic carbocycles. The van der Waals surface area contributed by atoms with Crippen LogP contribution in [-0.2, 0) is 24.1 Å². The van der Waals surface area contributed by atoms with E-state index >= 15 is 0 Å². The molecule has 2 aliphatic heterocycles. The van der Waals surface area contributed by atoms with Gasteiger partial charge < -0.3 is 19.9 Å². The highest BCUT2D eigenvalue weighted by atomic mass is 16.5. The standard InChI is InChI=1S/C30H39N5O2/c1-20-3-2-4-21(11-20)15-27-31-26-5-6-35(19-25(26)28(32-27)34-7-9-37-10-8-34)29(36)33-30-16-22-12-23(17-30)14-24(13-22)18-30/h2-4,11,22-24H,5-10,12-19H2,1H3,(H,33,36). The summed E-state index contributed by atoms with van der Waals surface area (Å²) in [6, 6.07) is 8.71. The van der Waals surface area contributed by atoms with Gasteiger partial charge in [-0.1, -0.05) is 29.8 Å². The topological polar surface area (TPSA) is 70.6 Å². The first-order valence-electron chi connectivity index (χ1n) is 14.4. The summed E-state index contributed by atoms with van der Waals surface area (Å²) in [5.41, 5.74) is 4.76. The van der Waals surface area contributed by atoms with Gasteiger partial charge in [0.1, 0.15) is 11.6 Å². The number of carbonyl (C=O) groups excluding carboxylic acids is 1. The molecule has 4 saturated carbocycles. The minimum atomic E-state index is 0.0350. The predicted molar refractivity (Wildman–Crippen MR) is 143 cm³/mol. The van der Waals surface area contributed by atoms with Crippen LogP contribution in [0.3, 0.4) is 0 Å². The lowest BCUT2D eigenvalue weighted by Gasteiger charge is -2.57. The van der Waals surface area contributed by atoms with Crippen molar-refractivity contribution in [2.45, 2.75) is 70.4 Å². The Morgan fingerprint density at radius 1 is 1.05 bits per heavy atom. The predicted octanol–water partition coefficient (Wildman–Crippen LogP) is 4.25. The van der Waals surface area contributed by atoms with Crippen molar-refractivity contribution in [1.29, 1.82) is 0 Å². The molecule has 8 rings (SSSR count). The molecule has 196 valence electrons. The Hall–Kier alpha value is -2.67. The number of morpholine rings is 1. The van der Waals surface area contributed by atoms with Crippen LogP contribution in [0.15, 0.2) is 24.3 Å². The lowest BCUT2D eigenvalue weighted by Crippen LogP contribution is -2.62. The number of aromatic nitrogens is 2. The summed E-state index contributed by atoms with van der Waals surface area (Å²) >= 11 is 0. The molecule has 0 spiro atoms. The van der Waals surface area contributed by atoms with Gasteiger partial charge in [0.15, 0.2) is 0 Å². The highest BCUT2D eigenvalue weighted by molar-refractivity contribution is 5.76. The van der Waals surface area contributed by atoms with E-state index in [4.69, 9.17) is 14.7 Å². The maximum Gasteiger partial charge on any atom is 0.318 e. The lowest BCUT2D eigenvalue weighted by atomic mass is 9.53. The van der Waals surface area contributed by atoms with Crippen LogP contribution >= 0.6 is 0 Å². The van der Waals surface area contributed by atoms with Crippen LogP contribution in [0.4, 0.5) is 10.6 Å². The SMILES string of the molecule is Cc1cccc(Cc2nc3c(c(N4CCOCC4)n2)CN(C(=O)NC24CC5CC(CC(C5)C2)C4)CC3)c1. The molecule has 1 saturated heterocycles. The van der Waals surface area contributed by atoms with Crippen LogP contribution in [0.2, 0.25) is 0 Å². The van der Waals surface area contributed by atoms with Gasteiger partial charge in [0.05, 0.1) is 25.5 Å². The number of benzene rings is 1. The van der Waals surface area contributed by atoms with Crippen molar-refractivity contribution in [2.24, 2.45) is 17.8 Å². The van der Waals surface area contributed by atoms with Gasteiger partial charge in [-0.2, -0.15) is 0 Å². The number of nitrogens with zero attached hydrogens (tertiary/aromatic N) is 4. The summed E-state index contributed by atoms with van der Waals surface area (Å²) in [6.07, 6.45) is 9.21. The van der Waals surface area contributed by atoms with Crippen molar-refractivity contribution in [3.05, 3.63) is 52.5 Å². The molecule has 1 N–H and O–H groups in total. The average Bonchev–Trinajstić information content (AvgIpc) is 2.87. The van der Waals surface area contributed by atoms with Gasteiger partial charge in [0, 0.05) is 43.6 Å². The van der Waals surface area contributed by atoms with E-state index in [9.17, 15) is 4.79 Å². The van der Waals surface area contributed by atoms with E-state index < -0.39 is 0 Å². The Morgan fingerprint density at radius 2 is 1.78 bits per heavy atom. The summed E-state index contributed by atoms with van der Waals surface area (Å²) in [7, 11) is 0. The van der Waals surface area contributed by atoms with Crippen molar-refractivity contribution in [1.82, 2.24) is 20.2 Å². The number of hydrogen-bond donors (Lipinski definition) is 1. The quantitative estimate of drug-likeness (QED) is 0.678. The Kier molecular flexibility index (Phi) is 5.87. The summed E-state index contributed by atoms with van der Waals surface area (Å²) < 4.78 is 5.64. The summed E-state index contributed by atoms with van der Waals surface area (Å²) in [6.45, 7) is 6.50. The maximum absolute atomic E-state index is 13.7. The van der Waals surface area contributed by atoms with Gasteiger partial charge >= 0.3 is 6.03 Å². The Morgan fingerprint density at radius 3 is 2.49 bits per heavy atom. The summed E-state index contributed by atoms with van der Waals surface area (Å²) in [4.78, 5) is 28.2. The van der Waals surface area contributed by atoms with Crippen molar-refractivity contribution in [3.8, 4) is 0 Å². The molecular formula is C30H39N5O2. The second kappa shape index (κ2) is 9.26. The normalized spacial score (nSPS) is 30.4. The number of carbonyl (C=O) groups is 1. The maximum atomic E-state index is 13.7. The van der Waals surface area contributed by atoms with Gasteiger partial charge in [0.25, 0.3) is 0 Å². The van der Waals surface area contributed by atoms with E-state index in [-0.39, 0.29) is 11.6 Å². The summed E-state index contributed by atoms with van der Waals surface area (Å²) in [5.74, 6) is 4.34. The van der Waals surface area contributed by atoms with Crippen LogP contribution in [-0.4, -0.2) is 59.3 Å². The van der Waals surface area contributed by atoms with Crippen LogP contribution in [0.25, 0.3) is 0 Å². The zero-order valence-corrected chi connectivity index (χ0v) is 22.0. The molecule has 1 aromatic carbocycles. The number of nitrogens with one attached hydrogen (secondary N) is 1. The van der Waals surface area contributed by atoms with Gasteiger partial charge in [0.2, 0.25) is 0 Å². The first-order valence-corrected chi connectivity index (χ1v) is 14.4. The van der Waals surface area contributed by atoms with Crippen LogP contribution in [0.5, 0.6) is 0 Å². The zero-order chi connectivity index (χ0) is 25.0. The highest BCUT2D eigenvalue weighted by Gasteiger charge is 2.52. The van der Waals surface area contributed by atoms with Gasteiger partial charge in [-0.05, 0) is 68.8 Å². The molecule has 7 heteroatoms. The third-order valence-electron chi connectivity index (χ3n) is 9.54. The van der Waals surface area contributed by atoms with Gasteiger partial charge in [-0.25, -0.2) is 14.8 Å². The third kappa shape index (κ3) is 4.60. The minimum Gasteiger partial charge on any atom is -0.378 e. The van der Waals surface area contributed by atoms with Crippen molar-refractivity contribution < 1.29 is 9.53 Å². The molecule has 7 nitrogen and oxygen atoms in total.